The lowest BCUT2D eigenvalue weighted by molar-refractivity contribution is -0.134. The number of nitrogens with zero attached hydrogens (tertiary/aromatic N) is 3. The van der Waals surface area contributed by atoms with Crippen molar-refractivity contribution in [3.8, 4) is 0 Å². The van der Waals surface area contributed by atoms with Crippen LogP contribution in [0.15, 0.2) is 59.6 Å². The maximum absolute atomic E-state index is 14.2. The number of hydrogen-bond acceptors (Lipinski definition) is 5. The fourth-order valence-corrected chi connectivity index (χ4v) is 5.61. The number of imide groups is 1. The van der Waals surface area contributed by atoms with E-state index in [2.05, 4.69) is 10.3 Å². The van der Waals surface area contributed by atoms with Gasteiger partial charge in [0.15, 0.2) is 5.54 Å². The molecule has 7 nitrogen and oxygen atoms in total. The minimum Gasteiger partial charge on any atom is -0.339 e. The molecule has 1 atom stereocenters. The SMILES string of the molecule is O=C(c1cc(F)ccc1F)N1CCC([C@@]2(c3cccnc3)NC(=O)N(Cc3ccsc3)C2=O)CC1. The van der Waals surface area contributed by atoms with Gasteiger partial charge in [-0.15, -0.1) is 0 Å². The molecule has 5 rings (SSSR count). The first-order chi connectivity index (χ1) is 16.9. The second kappa shape index (κ2) is 9.18. The van der Waals surface area contributed by atoms with Crippen LogP contribution >= 0.6 is 11.3 Å². The van der Waals surface area contributed by atoms with Gasteiger partial charge in [-0.3, -0.25) is 19.5 Å². The maximum atomic E-state index is 14.2. The number of halogens is 2. The van der Waals surface area contributed by atoms with Crippen LogP contribution in [0.2, 0.25) is 0 Å². The molecule has 180 valence electrons. The van der Waals surface area contributed by atoms with E-state index < -0.39 is 29.1 Å². The van der Waals surface area contributed by atoms with Gasteiger partial charge in [0.05, 0.1) is 12.1 Å². The van der Waals surface area contributed by atoms with Crippen molar-refractivity contribution in [2.45, 2.75) is 24.9 Å². The first kappa shape index (κ1) is 23.1. The van der Waals surface area contributed by atoms with Crippen LogP contribution in [0.1, 0.15) is 34.3 Å². The number of nitrogens with one attached hydrogen (secondary N) is 1. The number of rotatable bonds is 5. The number of carbonyl (C=O) groups is 3. The molecule has 0 radical (unpaired) electrons. The van der Waals surface area contributed by atoms with E-state index in [1.807, 2.05) is 16.8 Å². The van der Waals surface area contributed by atoms with Gasteiger partial charge < -0.3 is 10.2 Å². The van der Waals surface area contributed by atoms with Gasteiger partial charge in [0.1, 0.15) is 11.6 Å². The third-order valence-corrected chi connectivity index (χ3v) is 7.45. The molecule has 2 aliphatic heterocycles. The Morgan fingerprint density at radius 2 is 1.97 bits per heavy atom. The summed E-state index contributed by atoms with van der Waals surface area (Å²) in [5.74, 6) is -2.76. The van der Waals surface area contributed by atoms with Crippen molar-refractivity contribution in [2.24, 2.45) is 5.92 Å². The molecule has 0 saturated carbocycles. The first-order valence-corrected chi connectivity index (χ1v) is 12.1. The van der Waals surface area contributed by atoms with Gasteiger partial charge in [0.2, 0.25) is 0 Å². The third-order valence-electron chi connectivity index (χ3n) is 6.72. The molecule has 4 heterocycles. The number of hydrogen-bond donors (Lipinski definition) is 1. The normalized spacial score (nSPS) is 20.9. The van der Waals surface area contributed by atoms with Crippen molar-refractivity contribution < 1.29 is 23.2 Å². The Labute approximate surface area is 204 Å². The van der Waals surface area contributed by atoms with Crippen LogP contribution in [0.5, 0.6) is 0 Å². The van der Waals surface area contributed by atoms with E-state index in [0.29, 0.717) is 18.4 Å². The van der Waals surface area contributed by atoms with Crippen LogP contribution in [0.4, 0.5) is 13.6 Å². The van der Waals surface area contributed by atoms with E-state index in [0.717, 1.165) is 23.8 Å². The monoisotopic (exact) mass is 496 g/mol. The highest BCUT2D eigenvalue weighted by molar-refractivity contribution is 7.07. The number of benzene rings is 1. The quantitative estimate of drug-likeness (QED) is 0.543. The summed E-state index contributed by atoms with van der Waals surface area (Å²) in [6.45, 7) is 0.622. The fourth-order valence-electron chi connectivity index (χ4n) is 4.95. The lowest BCUT2D eigenvalue weighted by atomic mass is 9.73. The van der Waals surface area contributed by atoms with E-state index in [9.17, 15) is 23.2 Å². The molecule has 2 saturated heterocycles. The average Bonchev–Trinajstić information content (AvgIpc) is 3.48. The van der Waals surface area contributed by atoms with E-state index in [4.69, 9.17) is 0 Å². The summed E-state index contributed by atoms with van der Waals surface area (Å²) in [6, 6.07) is 7.65. The Morgan fingerprint density at radius 3 is 2.66 bits per heavy atom. The molecule has 2 fully saturated rings. The van der Waals surface area contributed by atoms with Gasteiger partial charge in [-0.1, -0.05) is 6.07 Å². The molecule has 35 heavy (non-hydrogen) atoms. The molecular weight excluding hydrogens is 474 g/mol. The molecule has 0 spiro atoms. The molecule has 1 N–H and O–H groups in total. The molecule has 2 aromatic heterocycles. The number of aromatic nitrogens is 1. The zero-order chi connectivity index (χ0) is 24.6. The molecule has 10 heteroatoms. The second-order valence-corrected chi connectivity index (χ2v) is 9.47. The maximum Gasteiger partial charge on any atom is 0.325 e. The molecule has 1 aromatic carbocycles. The zero-order valence-electron chi connectivity index (χ0n) is 18.6. The Bertz CT molecular complexity index is 1260. The van der Waals surface area contributed by atoms with Gasteiger partial charge >= 0.3 is 6.03 Å². The van der Waals surface area contributed by atoms with Crippen molar-refractivity contribution in [1.82, 2.24) is 20.1 Å². The summed E-state index contributed by atoms with van der Waals surface area (Å²) < 4.78 is 27.8. The van der Waals surface area contributed by atoms with Crippen LogP contribution in [0.3, 0.4) is 0 Å². The smallest absolute Gasteiger partial charge is 0.325 e. The van der Waals surface area contributed by atoms with Crippen molar-refractivity contribution in [1.29, 1.82) is 0 Å². The van der Waals surface area contributed by atoms with Gasteiger partial charge in [-0.2, -0.15) is 11.3 Å². The summed E-state index contributed by atoms with van der Waals surface area (Å²) in [5, 5.41) is 6.72. The molecule has 3 aromatic rings. The molecule has 0 unspecified atom stereocenters. The van der Waals surface area contributed by atoms with Gasteiger partial charge in [0.25, 0.3) is 11.8 Å². The van der Waals surface area contributed by atoms with Crippen molar-refractivity contribution in [3.63, 3.8) is 0 Å². The minimum atomic E-state index is -1.32. The highest BCUT2D eigenvalue weighted by Crippen LogP contribution is 2.42. The predicted molar refractivity (Wildman–Crippen MR) is 124 cm³/mol. The lowest BCUT2D eigenvalue weighted by Gasteiger charge is -2.41. The molecule has 0 aliphatic carbocycles. The number of piperidine rings is 1. The zero-order valence-corrected chi connectivity index (χ0v) is 19.4. The Morgan fingerprint density at radius 1 is 1.17 bits per heavy atom. The van der Waals surface area contributed by atoms with Gasteiger partial charge in [0, 0.05) is 31.0 Å². The van der Waals surface area contributed by atoms with E-state index >= 15 is 0 Å². The Balaban J connectivity index is 1.41. The topological polar surface area (TPSA) is 82.6 Å². The number of likely N-dealkylation sites (tertiary alicyclic amines) is 1. The number of pyridine rings is 1. The number of urea groups is 1. The lowest BCUT2D eigenvalue weighted by Crippen LogP contribution is -2.54. The Hall–Kier alpha value is -3.66. The fraction of sp³-hybridized carbons (Fsp3) is 0.280. The van der Waals surface area contributed by atoms with Gasteiger partial charge in [-0.05, 0) is 65.4 Å². The molecular formula is C25H22F2N4O3S. The molecule has 2 aliphatic rings. The summed E-state index contributed by atoms with van der Waals surface area (Å²) in [5.41, 5.74) is -0.205. The van der Waals surface area contributed by atoms with E-state index in [1.165, 1.54) is 21.1 Å². The predicted octanol–water partition coefficient (Wildman–Crippen LogP) is 3.92. The summed E-state index contributed by atoms with van der Waals surface area (Å²) in [7, 11) is 0. The Kier molecular flexibility index (Phi) is 6.06. The number of carbonyl (C=O) groups excluding carboxylic acids is 3. The number of thiophene rings is 1. The van der Waals surface area contributed by atoms with Crippen LogP contribution in [-0.4, -0.2) is 45.7 Å². The number of amides is 4. The van der Waals surface area contributed by atoms with Crippen molar-refractivity contribution in [2.75, 3.05) is 13.1 Å². The highest BCUT2D eigenvalue weighted by Gasteiger charge is 2.57. The standard InChI is InChI=1S/C25H22F2N4O3S/c26-19-3-4-21(27)20(12-19)22(32)30-9-5-17(6-10-30)25(18-2-1-8-28-13-18)23(33)31(24(34)29-25)14-16-7-11-35-15-16/h1-4,7-8,11-13,15,17H,5-6,9-10,14H2,(H,29,34)/t25-/m0/s1. The highest BCUT2D eigenvalue weighted by atomic mass is 32.1. The van der Waals surface area contributed by atoms with E-state index in [1.54, 1.807) is 24.5 Å². The average molecular weight is 497 g/mol. The second-order valence-electron chi connectivity index (χ2n) is 8.69. The van der Waals surface area contributed by atoms with Crippen molar-refractivity contribution >= 4 is 29.2 Å². The third kappa shape index (κ3) is 4.07. The van der Waals surface area contributed by atoms with Gasteiger partial charge in [-0.25, -0.2) is 13.6 Å². The summed E-state index contributed by atoms with van der Waals surface area (Å²) >= 11 is 1.49. The summed E-state index contributed by atoms with van der Waals surface area (Å²) in [4.78, 5) is 46.5. The first-order valence-electron chi connectivity index (χ1n) is 11.2. The molecule has 4 amide bonds. The van der Waals surface area contributed by atoms with Crippen LogP contribution in [0.25, 0.3) is 0 Å². The summed E-state index contributed by atoms with van der Waals surface area (Å²) in [6.07, 6.45) is 3.94. The molecule has 0 bridgehead atoms. The van der Waals surface area contributed by atoms with Crippen LogP contribution in [-0.2, 0) is 16.9 Å². The van der Waals surface area contributed by atoms with Crippen molar-refractivity contribution in [3.05, 3.63) is 87.9 Å². The van der Waals surface area contributed by atoms with Crippen LogP contribution in [0, 0.1) is 17.6 Å². The largest absolute Gasteiger partial charge is 0.339 e. The minimum absolute atomic E-state index is 0.159. The van der Waals surface area contributed by atoms with Crippen LogP contribution < -0.4 is 5.32 Å². The van der Waals surface area contributed by atoms with E-state index in [-0.39, 0.29) is 37.0 Å².